The number of carbonyl (C=O) groups excluding carboxylic acids is 1. The van der Waals surface area contributed by atoms with E-state index >= 15 is 0 Å². The van der Waals surface area contributed by atoms with Crippen molar-refractivity contribution in [3.63, 3.8) is 0 Å². The van der Waals surface area contributed by atoms with Gasteiger partial charge in [-0.3, -0.25) is 4.79 Å². The second-order valence-corrected chi connectivity index (χ2v) is 5.37. The average Bonchev–Trinajstić information content (AvgIpc) is 2.47. The normalized spacial score (nSPS) is 14.7. The zero-order valence-electron chi connectivity index (χ0n) is 12.2. The number of benzene rings is 1. The van der Waals surface area contributed by atoms with Crippen LogP contribution in [-0.4, -0.2) is 47.2 Å². The van der Waals surface area contributed by atoms with Crippen LogP contribution in [0.2, 0.25) is 0 Å². The molecule has 1 aliphatic heterocycles. The lowest BCUT2D eigenvalue weighted by molar-refractivity contribution is 0.0705. The van der Waals surface area contributed by atoms with Gasteiger partial charge in [0.1, 0.15) is 0 Å². The Labute approximate surface area is 124 Å². The number of aromatic nitrogens is 2. The minimum absolute atomic E-state index is 0.0650. The maximum absolute atomic E-state index is 12.3. The number of nitrogens with zero attached hydrogens (tertiary/aromatic N) is 4. The summed E-state index contributed by atoms with van der Waals surface area (Å²) in [6.07, 6.45) is 0. The molecular weight excluding hydrogens is 264 g/mol. The maximum atomic E-state index is 12.3. The minimum atomic E-state index is 0.0650. The van der Waals surface area contributed by atoms with Gasteiger partial charge in [-0.05, 0) is 31.2 Å². The molecule has 2 aromatic rings. The standard InChI is InChI=1S/C16H18N4O/c1-12-8-9-15(18-17-12)20-10-14(11-20)19(2)16(21)13-6-4-3-5-7-13/h3-9,14H,10-11H2,1-2H3. The van der Waals surface area contributed by atoms with Crippen LogP contribution in [0.4, 0.5) is 5.82 Å². The molecule has 3 rings (SSSR count). The molecular formula is C16H18N4O. The molecule has 0 radical (unpaired) electrons. The number of carbonyl (C=O) groups is 1. The van der Waals surface area contributed by atoms with Crippen molar-refractivity contribution in [1.29, 1.82) is 0 Å². The highest BCUT2D eigenvalue weighted by atomic mass is 16.2. The summed E-state index contributed by atoms with van der Waals surface area (Å²) in [5.41, 5.74) is 1.64. The highest BCUT2D eigenvalue weighted by Crippen LogP contribution is 2.21. The summed E-state index contributed by atoms with van der Waals surface area (Å²) in [5.74, 6) is 0.938. The van der Waals surface area contributed by atoms with E-state index in [1.165, 1.54) is 0 Å². The number of hydrogen-bond donors (Lipinski definition) is 0. The maximum Gasteiger partial charge on any atom is 0.253 e. The van der Waals surface area contributed by atoms with Gasteiger partial charge >= 0.3 is 0 Å². The van der Waals surface area contributed by atoms with Gasteiger partial charge in [0.05, 0.1) is 11.7 Å². The van der Waals surface area contributed by atoms with E-state index in [1.807, 2.05) is 61.3 Å². The number of hydrogen-bond acceptors (Lipinski definition) is 4. The summed E-state index contributed by atoms with van der Waals surface area (Å²) in [6, 6.07) is 13.5. The Bertz CT molecular complexity index is 620. The highest BCUT2D eigenvalue weighted by molar-refractivity contribution is 5.94. The molecule has 0 N–H and O–H groups in total. The molecule has 0 spiro atoms. The molecule has 1 aromatic heterocycles. The number of anilines is 1. The first-order valence-corrected chi connectivity index (χ1v) is 7.02. The minimum Gasteiger partial charge on any atom is -0.351 e. The summed E-state index contributed by atoms with van der Waals surface area (Å²) in [6.45, 7) is 3.52. The zero-order chi connectivity index (χ0) is 14.8. The topological polar surface area (TPSA) is 49.3 Å². The van der Waals surface area contributed by atoms with E-state index in [4.69, 9.17) is 0 Å². The molecule has 5 heteroatoms. The van der Waals surface area contributed by atoms with Crippen molar-refractivity contribution in [2.45, 2.75) is 13.0 Å². The highest BCUT2D eigenvalue weighted by Gasteiger charge is 2.33. The first-order valence-electron chi connectivity index (χ1n) is 7.02. The largest absolute Gasteiger partial charge is 0.351 e. The van der Waals surface area contributed by atoms with Crippen LogP contribution in [-0.2, 0) is 0 Å². The molecule has 1 aromatic carbocycles. The number of rotatable bonds is 3. The van der Waals surface area contributed by atoms with E-state index in [-0.39, 0.29) is 11.9 Å². The Morgan fingerprint density at radius 1 is 1.14 bits per heavy atom. The smallest absolute Gasteiger partial charge is 0.253 e. The van der Waals surface area contributed by atoms with Crippen LogP contribution in [0.1, 0.15) is 16.1 Å². The Kier molecular flexibility index (Phi) is 3.56. The quantitative estimate of drug-likeness (QED) is 0.860. The molecule has 2 heterocycles. The zero-order valence-corrected chi connectivity index (χ0v) is 12.2. The van der Waals surface area contributed by atoms with Gasteiger partial charge in [-0.15, -0.1) is 5.10 Å². The Morgan fingerprint density at radius 3 is 2.48 bits per heavy atom. The number of likely N-dealkylation sites (N-methyl/N-ethyl adjacent to an activating group) is 1. The van der Waals surface area contributed by atoms with E-state index in [0.717, 1.165) is 30.2 Å². The monoisotopic (exact) mass is 282 g/mol. The molecule has 1 aliphatic rings. The molecule has 1 saturated heterocycles. The van der Waals surface area contributed by atoms with Crippen molar-refractivity contribution >= 4 is 11.7 Å². The summed E-state index contributed by atoms with van der Waals surface area (Å²) < 4.78 is 0. The fourth-order valence-corrected chi connectivity index (χ4v) is 2.40. The third-order valence-electron chi connectivity index (χ3n) is 3.86. The van der Waals surface area contributed by atoms with E-state index in [0.29, 0.717) is 0 Å². The molecule has 0 atom stereocenters. The Morgan fingerprint density at radius 2 is 1.86 bits per heavy atom. The van der Waals surface area contributed by atoms with Gasteiger partial charge < -0.3 is 9.80 Å². The summed E-state index contributed by atoms with van der Waals surface area (Å²) in [4.78, 5) is 16.3. The van der Waals surface area contributed by atoms with E-state index < -0.39 is 0 Å². The van der Waals surface area contributed by atoms with E-state index in [1.54, 1.807) is 0 Å². The van der Waals surface area contributed by atoms with Gasteiger partial charge in [0.2, 0.25) is 0 Å². The van der Waals surface area contributed by atoms with Gasteiger partial charge in [-0.25, -0.2) is 0 Å². The van der Waals surface area contributed by atoms with E-state index in [2.05, 4.69) is 15.1 Å². The molecule has 108 valence electrons. The van der Waals surface area contributed by atoms with E-state index in [9.17, 15) is 4.79 Å². The van der Waals surface area contributed by atoms with Gasteiger partial charge in [-0.1, -0.05) is 18.2 Å². The molecule has 0 saturated carbocycles. The second-order valence-electron chi connectivity index (χ2n) is 5.37. The first-order chi connectivity index (χ1) is 10.1. The lowest BCUT2D eigenvalue weighted by atomic mass is 10.1. The molecule has 0 bridgehead atoms. The third-order valence-corrected chi connectivity index (χ3v) is 3.86. The van der Waals surface area contributed by atoms with Crippen LogP contribution in [0.15, 0.2) is 42.5 Å². The first kappa shape index (κ1) is 13.5. The fraction of sp³-hybridized carbons (Fsp3) is 0.312. The number of amides is 1. The fourth-order valence-electron chi connectivity index (χ4n) is 2.40. The molecule has 1 fully saturated rings. The van der Waals surface area contributed by atoms with Gasteiger partial charge in [-0.2, -0.15) is 5.10 Å². The lowest BCUT2D eigenvalue weighted by Gasteiger charge is -2.44. The summed E-state index contributed by atoms with van der Waals surface area (Å²) >= 11 is 0. The number of aryl methyl sites for hydroxylation is 1. The predicted molar refractivity (Wildman–Crippen MR) is 81.3 cm³/mol. The SMILES string of the molecule is Cc1ccc(N2CC(N(C)C(=O)c3ccccc3)C2)nn1. The van der Waals surface area contributed by atoms with Crippen LogP contribution in [0, 0.1) is 6.92 Å². The average molecular weight is 282 g/mol. The van der Waals surface area contributed by atoms with Crippen molar-refractivity contribution in [2.24, 2.45) is 0 Å². The predicted octanol–water partition coefficient (Wildman–Crippen LogP) is 1.75. The van der Waals surface area contributed by atoms with Crippen LogP contribution in [0.5, 0.6) is 0 Å². The molecule has 0 aliphatic carbocycles. The van der Waals surface area contributed by atoms with Crippen LogP contribution in [0.3, 0.4) is 0 Å². The van der Waals surface area contributed by atoms with Crippen LogP contribution in [0.25, 0.3) is 0 Å². The third kappa shape index (κ3) is 2.72. The molecule has 5 nitrogen and oxygen atoms in total. The van der Waals surface area contributed by atoms with Gasteiger partial charge in [0.15, 0.2) is 5.82 Å². The summed E-state index contributed by atoms with van der Waals surface area (Å²) in [5, 5.41) is 8.23. The lowest BCUT2D eigenvalue weighted by Crippen LogP contribution is -2.60. The molecule has 0 unspecified atom stereocenters. The Balaban J connectivity index is 1.61. The van der Waals surface area contributed by atoms with Crippen LogP contribution >= 0.6 is 0 Å². The molecule has 1 amide bonds. The van der Waals surface area contributed by atoms with Gasteiger partial charge in [0, 0.05) is 25.7 Å². The van der Waals surface area contributed by atoms with Crippen molar-refractivity contribution in [1.82, 2.24) is 15.1 Å². The van der Waals surface area contributed by atoms with Crippen molar-refractivity contribution in [3.05, 3.63) is 53.7 Å². The van der Waals surface area contributed by atoms with Crippen molar-refractivity contribution in [2.75, 3.05) is 25.0 Å². The van der Waals surface area contributed by atoms with Crippen molar-refractivity contribution in [3.8, 4) is 0 Å². The molecule has 21 heavy (non-hydrogen) atoms. The van der Waals surface area contributed by atoms with Gasteiger partial charge in [0.25, 0.3) is 5.91 Å². The van der Waals surface area contributed by atoms with Crippen LogP contribution < -0.4 is 4.90 Å². The summed E-state index contributed by atoms with van der Waals surface area (Å²) in [7, 11) is 1.86. The Hall–Kier alpha value is -2.43. The van der Waals surface area contributed by atoms with Crippen molar-refractivity contribution < 1.29 is 4.79 Å². The second kappa shape index (κ2) is 5.52.